The Morgan fingerprint density at radius 3 is 2.76 bits per heavy atom. The summed E-state index contributed by atoms with van der Waals surface area (Å²) in [4.78, 5) is 14.4. The van der Waals surface area contributed by atoms with Gasteiger partial charge in [-0.25, -0.2) is 4.39 Å². The maximum atomic E-state index is 13.8. The van der Waals surface area contributed by atoms with Gasteiger partial charge in [-0.1, -0.05) is 6.07 Å². The predicted octanol–water partition coefficient (Wildman–Crippen LogP) is 2.30. The zero-order chi connectivity index (χ0) is 15.2. The van der Waals surface area contributed by atoms with E-state index in [-0.39, 0.29) is 11.7 Å². The van der Waals surface area contributed by atoms with Crippen molar-refractivity contribution in [3.05, 3.63) is 29.6 Å². The van der Waals surface area contributed by atoms with Gasteiger partial charge in [-0.3, -0.25) is 4.79 Å². The molecule has 21 heavy (non-hydrogen) atoms. The molecule has 1 amide bonds. The van der Waals surface area contributed by atoms with Gasteiger partial charge in [0.25, 0.3) is 5.91 Å². The van der Waals surface area contributed by atoms with Crippen molar-refractivity contribution in [2.45, 2.75) is 19.8 Å². The summed E-state index contributed by atoms with van der Waals surface area (Å²) in [5.74, 6) is 0.0638. The van der Waals surface area contributed by atoms with Crippen LogP contribution in [0.2, 0.25) is 0 Å². The van der Waals surface area contributed by atoms with Crippen LogP contribution in [-0.4, -0.2) is 44.1 Å². The van der Waals surface area contributed by atoms with Crippen LogP contribution in [0.4, 0.5) is 4.39 Å². The fourth-order valence-corrected chi connectivity index (χ4v) is 2.77. The molecule has 1 saturated heterocycles. The van der Waals surface area contributed by atoms with Gasteiger partial charge in [0.1, 0.15) is 0 Å². The highest BCUT2D eigenvalue weighted by Crippen LogP contribution is 2.26. The van der Waals surface area contributed by atoms with E-state index in [4.69, 9.17) is 4.74 Å². The van der Waals surface area contributed by atoms with Crippen molar-refractivity contribution in [3.63, 3.8) is 0 Å². The van der Waals surface area contributed by atoms with Crippen LogP contribution in [0.15, 0.2) is 18.2 Å². The summed E-state index contributed by atoms with van der Waals surface area (Å²) in [5.41, 5.74) is 0.323. The molecule has 4 nitrogen and oxygen atoms in total. The molecule has 116 valence electrons. The van der Waals surface area contributed by atoms with E-state index in [2.05, 4.69) is 5.32 Å². The third-order valence-corrected chi connectivity index (χ3v) is 3.88. The van der Waals surface area contributed by atoms with E-state index >= 15 is 0 Å². The van der Waals surface area contributed by atoms with E-state index in [0.717, 1.165) is 19.4 Å². The fraction of sp³-hybridized carbons (Fsp3) is 0.562. The van der Waals surface area contributed by atoms with Crippen LogP contribution in [0.1, 0.15) is 30.1 Å². The lowest BCUT2D eigenvalue weighted by atomic mass is 9.96. The number of likely N-dealkylation sites (tertiary alicyclic amines) is 1. The average molecular weight is 294 g/mol. The van der Waals surface area contributed by atoms with Crippen molar-refractivity contribution in [3.8, 4) is 5.75 Å². The lowest BCUT2D eigenvalue weighted by molar-refractivity contribution is 0.0686. The Labute approximate surface area is 125 Å². The molecule has 1 aromatic carbocycles. The standard InChI is InChI=1S/C16H23FN2O2/c1-3-21-15-13(5-4-6-14(15)17)16(20)19-9-7-12(8-10-19)11-18-2/h4-6,12,18H,3,7-11H2,1-2H3. The first-order valence-corrected chi connectivity index (χ1v) is 7.52. The van der Waals surface area contributed by atoms with Crippen LogP contribution in [-0.2, 0) is 0 Å². The van der Waals surface area contributed by atoms with Gasteiger partial charge in [0.05, 0.1) is 12.2 Å². The minimum Gasteiger partial charge on any atom is -0.490 e. The van der Waals surface area contributed by atoms with Crippen molar-refractivity contribution >= 4 is 5.91 Å². The van der Waals surface area contributed by atoms with Gasteiger partial charge in [0.2, 0.25) is 0 Å². The van der Waals surface area contributed by atoms with Crippen LogP contribution in [0.3, 0.4) is 0 Å². The Bertz CT molecular complexity index is 485. The number of amides is 1. The van der Waals surface area contributed by atoms with E-state index in [1.54, 1.807) is 24.0 Å². The maximum Gasteiger partial charge on any atom is 0.257 e. The normalized spacial score (nSPS) is 16.0. The molecule has 0 unspecified atom stereocenters. The van der Waals surface area contributed by atoms with Crippen LogP contribution in [0, 0.1) is 11.7 Å². The predicted molar refractivity (Wildman–Crippen MR) is 80.1 cm³/mol. The van der Waals surface area contributed by atoms with Gasteiger partial charge in [0, 0.05) is 13.1 Å². The molecule has 0 spiro atoms. The summed E-state index contributed by atoms with van der Waals surface area (Å²) in [6.45, 7) is 4.53. The van der Waals surface area contributed by atoms with Crippen molar-refractivity contribution in [1.82, 2.24) is 10.2 Å². The minimum atomic E-state index is -0.479. The van der Waals surface area contributed by atoms with Gasteiger partial charge < -0.3 is 15.0 Å². The Morgan fingerprint density at radius 1 is 1.43 bits per heavy atom. The molecule has 1 aromatic rings. The van der Waals surface area contributed by atoms with E-state index in [0.29, 0.717) is 31.2 Å². The maximum absolute atomic E-state index is 13.8. The molecule has 1 N–H and O–H groups in total. The summed E-state index contributed by atoms with van der Waals surface area (Å²) in [6.07, 6.45) is 1.96. The topological polar surface area (TPSA) is 41.6 Å². The Balaban J connectivity index is 2.09. The lowest BCUT2D eigenvalue weighted by Gasteiger charge is -2.32. The molecule has 1 fully saturated rings. The molecule has 0 aliphatic carbocycles. The van der Waals surface area contributed by atoms with Gasteiger partial charge in [-0.05, 0) is 51.4 Å². The van der Waals surface area contributed by atoms with E-state index in [9.17, 15) is 9.18 Å². The molecule has 0 aromatic heterocycles. The summed E-state index contributed by atoms with van der Waals surface area (Å²) in [7, 11) is 1.94. The molecule has 2 rings (SSSR count). The molecule has 1 aliphatic rings. The van der Waals surface area contributed by atoms with Crippen LogP contribution in [0.25, 0.3) is 0 Å². The molecule has 0 radical (unpaired) electrons. The summed E-state index contributed by atoms with van der Waals surface area (Å²) in [5, 5.41) is 3.17. The second kappa shape index (κ2) is 7.41. The highest BCUT2D eigenvalue weighted by Gasteiger charge is 2.26. The zero-order valence-corrected chi connectivity index (χ0v) is 12.7. The Morgan fingerprint density at radius 2 is 2.14 bits per heavy atom. The quantitative estimate of drug-likeness (QED) is 0.906. The van der Waals surface area contributed by atoms with Crippen molar-refractivity contribution in [2.75, 3.05) is 33.3 Å². The largest absolute Gasteiger partial charge is 0.490 e. The number of halogens is 1. The van der Waals surface area contributed by atoms with Gasteiger partial charge in [0.15, 0.2) is 11.6 Å². The first kappa shape index (κ1) is 15.8. The first-order valence-electron chi connectivity index (χ1n) is 7.52. The second-order valence-electron chi connectivity index (χ2n) is 5.34. The number of nitrogens with one attached hydrogen (secondary N) is 1. The third kappa shape index (κ3) is 3.73. The average Bonchev–Trinajstić information content (AvgIpc) is 2.50. The second-order valence-corrected chi connectivity index (χ2v) is 5.34. The molecule has 1 heterocycles. The highest BCUT2D eigenvalue weighted by atomic mass is 19.1. The molecule has 5 heteroatoms. The molecule has 0 atom stereocenters. The van der Waals surface area contributed by atoms with Crippen molar-refractivity contribution < 1.29 is 13.9 Å². The number of para-hydroxylation sites is 1. The Hall–Kier alpha value is -1.62. The SMILES string of the molecule is CCOc1c(F)cccc1C(=O)N1CCC(CNC)CC1. The van der Waals surface area contributed by atoms with E-state index in [1.807, 2.05) is 7.05 Å². The number of ether oxygens (including phenoxy) is 1. The molecule has 0 bridgehead atoms. The number of hydrogen-bond acceptors (Lipinski definition) is 3. The number of nitrogens with zero attached hydrogens (tertiary/aromatic N) is 1. The number of rotatable bonds is 5. The number of hydrogen-bond donors (Lipinski definition) is 1. The Kier molecular flexibility index (Phi) is 5.56. The lowest BCUT2D eigenvalue weighted by Crippen LogP contribution is -2.40. The van der Waals surface area contributed by atoms with Gasteiger partial charge in [-0.15, -0.1) is 0 Å². The number of carbonyl (C=O) groups is 1. The molecular formula is C16H23FN2O2. The monoisotopic (exact) mass is 294 g/mol. The zero-order valence-electron chi connectivity index (χ0n) is 12.7. The summed E-state index contributed by atoms with van der Waals surface area (Å²) in [6, 6.07) is 4.51. The third-order valence-electron chi connectivity index (χ3n) is 3.88. The fourth-order valence-electron chi connectivity index (χ4n) is 2.77. The van der Waals surface area contributed by atoms with Gasteiger partial charge in [-0.2, -0.15) is 0 Å². The van der Waals surface area contributed by atoms with E-state index < -0.39 is 5.82 Å². The number of piperidine rings is 1. The van der Waals surface area contributed by atoms with Crippen LogP contribution in [0.5, 0.6) is 5.75 Å². The number of benzene rings is 1. The van der Waals surface area contributed by atoms with Crippen molar-refractivity contribution in [2.24, 2.45) is 5.92 Å². The van der Waals surface area contributed by atoms with E-state index in [1.165, 1.54) is 6.07 Å². The molecule has 1 aliphatic heterocycles. The van der Waals surface area contributed by atoms with Crippen LogP contribution >= 0.6 is 0 Å². The summed E-state index contributed by atoms with van der Waals surface area (Å²) < 4.78 is 19.1. The minimum absolute atomic E-state index is 0.0716. The van der Waals surface area contributed by atoms with Crippen LogP contribution < -0.4 is 10.1 Å². The van der Waals surface area contributed by atoms with Gasteiger partial charge >= 0.3 is 0 Å². The molecule has 0 saturated carbocycles. The first-order chi connectivity index (χ1) is 10.2. The smallest absolute Gasteiger partial charge is 0.257 e. The van der Waals surface area contributed by atoms with Crippen molar-refractivity contribution in [1.29, 1.82) is 0 Å². The molecular weight excluding hydrogens is 271 g/mol. The number of carbonyl (C=O) groups excluding carboxylic acids is 1. The summed E-state index contributed by atoms with van der Waals surface area (Å²) >= 11 is 0. The highest BCUT2D eigenvalue weighted by molar-refractivity contribution is 5.97.